The molecule has 1 aliphatic carbocycles. The molecule has 0 saturated heterocycles. The van der Waals surface area contributed by atoms with Gasteiger partial charge in [0.25, 0.3) is 0 Å². The van der Waals surface area contributed by atoms with Crippen LogP contribution < -0.4 is 4.90 Å². The van der Waals surface area contributed by atoms with Crippen LogP contribution in [-0.2, 0) is 6.42 Å². The van der Waals surface area contributed by atoms with E-state index in [9.17, 15) is 0 Å². The highest BCUT2D eigenvalue weighted by Gasteiger charge is 2.23. The van der Waals surface area contributed by atoms with Crippen molar-refractivity contribution in [2.24, 2.45) is 0 Å². The Morgan fingerprint density at radius 1 is 0.328 bits per heavy atom. The maximum absolute atomic E-state index is 6.81. The number of nitrogens with zero attached hydrogens (tertiary/aromatic N) is 1. The molecule has 12 rings (SSSR count). The van der Waals surface area contributed by atoms with Crippen molar-refractivity contribution in [1.82, 2.24) is 0 Å². The third kappa shape index (κ3) is 5.14. The van der Waals surface area contributed by atoms with Gasteiger partial charge in [-0.25, -0.2) is 0 Å². The second-order valence-corrected chi connectivity index (χ2v) is 15.2. The summed E-state index contributed by atoms with van der Waals surface area (Å²) in [6, 6.07) is 71.7. The number of anilines is 3. The van der Waals surface area contributed by atoms with E-state index in [1.807, 2.05) is 12.1 Å². The molecule has 58 heavy (non-hydrogen) atoms. The van der Waals surface area contributed by atoms with Gasteiger partial charge in [-0.3, -0.25) is 0 Å². The molecule has 11 aromatic rings. The Kier molecular flexibility index (Phi) is 7.29. The van der Waals surface area contributed by atoms with E-state index >= 15 is 0 Å². The molecule has 0 radical (unpaired) electrons. The number of hydrogen-bond acceptors (Lipinski definition) is 3. The van der Waals surface area contributed by atoms with E-state index in [1.165, 1.54) is 44.5 Å². The minimum atomic E-state index is 0.835. The van der Waals surface area contributed by atoms with Gasteiger partial charge in [0, 0.05) is 38.8 Å². The molecule has 3 nitrogen and oxygen atoms in total. The lowest BCUT2D eigenvalue weighted by atomic mass is 9.94. The molecule has 0 bridgehead atoms. The number of para-hydroxylation sites is 2. The Bertz CT molecular complexity index is 3340. The average molecular weight is 742 g/mol. The van der Waals surface area contributed by atoms with Gasteiger partial charge in [-0.15, -0.1) is 0 Å². The van der Waals surface area contributed by atoms with E-state index in [0.717, 1.165) is 78.5 Å². The highest BCUT2D eigenvalue weighted by molar-refractivity contribution is 6.23. The van der Waals surface area contributed by atoms with Crippen molar-refractivity contribution >= 4 is 60.9 Å². The summed E-state index contributed by atoms with van der Waals surface area (Å²) in [6.07, 6.45) is 0.983. The van der Waals surface area contributed by atoms with Crippen molar-refractivity contribution in [2.45, 2.75) is 6.42 Å². The van der Waals surface area contributed by atoms with Gasteiger partial charge < -0.3 is 13.7 Å². The summed E-state index contributed by atoms with van der Waals surface area (Å²) >= 11 is 0. The third-order valence-electron chi connectivity index (χ3n) is 11.9. The first-order valence-electron chi connectivity index (χ1n) is 19.9. The summed E-state index contributed by atoms with van der Waals surface area (Å²) in [5.74, 6) is 0. The largest absolute Gasteiger partial charge is 0.456 e. The fourth-order valence-electron chi connectivity index (χ4n) is 9.18. The molecule has 0 spiro atoms. The number of benzene rings is 9. The van der Waals surface area contributed by atoms with E-state index in [0.29, 0.717) is 0 Å². The van der Waals surface area contributed by atoms with Gasteiger partial charge in [-0.05, 0) is 111 Å². The minimum absolute atomic E-state index is 0.835. The Labute approximate surface area is 335 Å². The lowest BCUT2D eigenvalue weighted by molar-refractivity contribution is 0.663. The molecule has 9 aromatic carbocycles. The zero-order valence-electron chi connectivity index (χ0n) is 31.5. The van der Waals surface area contributed by atoms with Crippen LogP contribution in [0.1, 0.15) is 11.1 Å². The van der Waals surface area contributed by atoms with Crippen LogP contribution in [0, 0.1) is 0 Å². The average Bonchev–Trinajstić information content (AvgIpc) is 3.99. The first-order chi connectivity index (χ1) is 28.7. The van der Waals surface area contributed by atoms with Crippen LogP contribution in [0.2, 0.25) is 0 Å². The Morgan fingerprint density at radius 2 is 0.879 bits per heavy atom. The second-order valence-electron chi connectivity index (χ2n) is 15.2. The second kappa shape index (κ2) is 13.0. The molecular formula is C55H35NO2. The molecule has 0 N–H and O–H groups in total. The van der Waals surface area contributed by atoms with E-state index in [-0.39, 0.29) is 0 Å². The molecule has 3 heteroatoms. The predicted octanol–water partition coefficient (Wildman–Crippen LogP) is 15.5. The highest BCUT2D eigenvalue weighted by atomic mass is 16.3. The number of hydrogen-bond donors (Lipinski definition) is 0. The summed E-state index contributed by atoms with van der Waals surface area (Å²) in [5, 5.41) is 4.27. The first kappa shape index (κ1) is 32.6. The Morgan fingerprint density at radius 3 is 1.66 bits per heavy atom. The Hall–Kier alpha value is -7.62. The van der Waals surface area contributed by atoms with Gasteiger partial charge in [0.2, 0.25) is 0 Å². The SMILES string of the molecule is c1ccc(-c2ccc(N(c3ccc(-c4cccc5c4-c4ccccc4C5)cc3)c3ccc(-c4cccc5c4oc4c5ccc5oc6ccccc6c54)cc3)cc2)cc1. The van der Waals surface area contributed by atoms with E-state index < -0.39 is 0 Å². The van der Waals surface area contributed by atoms with E-state index in [4.69, 9.17) is 8.83 Å². The first-order valence-corrected chi connectivity index (χ1v) is 19.9. The van der Waals surface area contributed by atoms with Crippen molar-refractivity contribution in [3.63, 3.8) is 0 Å². The van der Waals surface area contributed by atoms with Crippen LogP contribution in [-0.4, -0.2) is 0 Å². The smallest absolute Gasteiger partial charge is 0.147 e. The molecule has 272 valence electrons. The molecule has 0 amide bonds. The zero-order valence-corrected chi connectivity index (χ0v) is 31.5. The maximum atomic E-state index is 6.81. The molecule has 0 unspecified atom stereocenters. The van der Waals surface area contributed by atoms with E-state index in [2.05, 4.69) is 193 Å². The fraction of sp³-hybridized carbons (Fsp3) is 0.0182. The zero-order chi connectivity index (χ0) is 38.2. The minimum Gasteiger partial charge on any atom is -0.456 e. The molecule has 0 atom stereocenters. The van der Waals surface area contributed by atoms with Gasteiger partial charge >= 0.3 is 0 Å². The molecule has 2 aromatic heterocycles. The van der Waals surface area contributed by atoms with Gasteiger partial charge in [-0.2, -0.15) is 0 Å². The molecule has 0 fully saturated rings. The van der Waals surface area contributed by atoms with Crippen molar-refractivity contribution in [3.8, 4) is 44.5 Å². The summed E-state index contributed by atoms with van der Waals surface area (Å²) in [5.41, 5.74) is 19.2. The lowest BCUT2D eigenvalue weighted by Crippen LogP contribution is -2.09. The summed E-state index contributed by atoms with van der Waals surface area (Å²) < 4.78 is 13.0. The molecular weight excluding hydrogens is 707 g/mol. The number of rotatable bonds is 6. The van der Waals surface area contributed by atoms with Crippen LogP contribution in [0.3, 0.4) is 0 Å². The third-order valence-corrected chi connectivity index (χ3v) is 11.9. The monoisotopic (exact) mass is 741 g/mol. The standard InChI is InChI=1S/C55H35NO2/c1-2-10-35(11-3-1)36-20-26-41(27-21-36)56(42-28-22-37(23-29-42)44-16-8-13-40-34-39-12-4-5-14-45(39)52(40)44)43-30-24-38(25-31-43)46-17-9-18-47-48-32-33-51-53(55(48)58-54(46)47)49-15-6-7-19-50(49)57-51/h1-33H,34H2. The van der Waals surface area contributed by atoms with Crippen LogP contribution in [0.5, 0.6) is 0 Å². The molecule has 2 heterocycles. The topological polar surface area (TPSA) is 29.5 Å². The normalized spacial score (nSPS) is 12.1. The van der Waals surface area contributed by atoms with Gasteiger partial charge in [0.1, 0.15) is 22.3 Å². The quantitative estimate of drug-likeness (QED) is 0.170. The van der Waals surface area contributed by atoms with Crippen molar-refractivity contribution in [2.75, 3.05) is 4.90 Å². The van der Waals surface area contributed by atoms with Gasteiger partial charge in [0.05, 0.1) is 5.39 Å². The highest BCUT2D eigenvalue weighted by Crippen LogP contribution is 2.45. The summed E-state index contributed by atoms with van der Waals surface area (Å²) in [4.78, 5) is 2.34. The molecule has 0 saturated carbocycles. The number of fused-ring (bicyclic) bond motifs is 10. The van der Waals surface area contributed by atoms with Crippen molar-refractivity contribution in [3.05, 3.63) is 211 Å². The molecule has 1 aliphatic rings. The summed E-state index contributed by atoms with van der Waals surface area (Å²) in [6.45, 7) is 0. The molecule has 0 aliphatic heterocycles. The number of furan rings is 2. The van der Waals surface area contributed by atoms with E-state index in [1.54, 1.807) is 0 Å². The van der Waals surface area contributed by atoms with Crippen molar-refractivity contribution < 1.29 is 8.83 Å². The van der Waals surface area contributed by atoms with Gasteiger partial charge in [-0.1, -0.05) is 146 Å². The maximum Gasteiger partial charge on any atom is 0.147 e. The van der Waals surface area contributed by atoms with Crippen LogP contribution >= 0.6 is 0 Å². The lowest BCUT2D eigenvalue weighted by Gasteiger charge is -2.26. The van der Waals surface area contributed by atoms with Crippen LogP contribution in [0.15, 0.2) is 209 Å². The van der Waals surface area contributed by atoms with Gasteiger partial charge in [0.15, 0.2) is 0 Å². The fourth-order valence-corrected chi connectivity index (χ4v) is 9.18. The van der Waals surface area contributed by atoms with Crippen molar-refractivity contribution in [1.29, 1.82) is 0 Å². The predicted molar refractivity (Wildman–Crippen MR) is 240 cm³/mol. The Balaban J connectivity index is 0.950. The van der Waals surface area contributed by atoms with Crippen LogP contribution in [0.25, 0.3) is 88.4 Å². The van der Waals surface area contributed by atoms with Crippen LogP contribution in [0.4, 0.5) is 17.1 Å². The summed E-state index contributed by atoms with van der Waals surface area (Å²) in [7, 11) is 0.